The van der Waals surface area contributed by atoms with Crippen LogP contribution in [-0.4, -0.2) is 51.9 Å². The van der Waals surface area contributed by atoms with Gasteiger partial charge >= 0.3 is 0 Å². The highest BCUT2D eigenvalue weighted by molar-refractivity contribution is 7.17. The molecule has 2 atom stereocenters. The van der Waals surface area contributed by atoms with Crippen molar-refractivity contribution in [2.24, 2.45) is 11.8 Å². The molecule has 8 heteroatoms. The molecular formula is C17H22ClN5OS. The molecule has 2 aliphatic rings. The minimum absolute atomic E-state index is 0. The van der Waals surface area contributed by atoms with Crippen molar-refractivity contribution in [1.82, 2.24) is 25.2 Å². The molecule has 0 unspecified atom stereocenters. The normalized spacial score (nSPS) is 22.8. The molecule has 0 radical (unpaired) electrons. The van der Waals surface area contributed by atoms with Crippen molar-refractivity contribution in [3.63, 3.8) is 0 Å². The van der Waals surface area contributed by atoms with Crippen molar-refractivity contribution >= 4 is 29.7 Å². The molecule has 25 heavy (non-hydrogen) atoms. The summed E-state index contributed by atoms with van der Waals surface area (Å²) in [6, 6.07) is 1.78. The molecule has 2 aromatic heterocycles. The van der Waals surface area contributed by atoms with E-state index in [9.17, 15) is 4.79 Å². The monoisotopic (exact) mass is 379 g/mol. The molecule has 2 aromatic rings. The van der Waals surface area contributed by atoms with Crippen molar-refractivity contribution < 1.29 is 4.79 Å². The van der Waals surface area contributed by atoms with Gasteiger partial charge in [-0.3, -0.25) is 4.79 Å². The maximum atomic E-state index is 13.0. The van der Waals surface area contributed by atoms with Gasteiger partial charge in [0.25, 0.3) is 5.91 Å². The Labute approximate surface area is 157 Å². The van der Waals surface area contributed by atoms with Crippen molar-refractivity contribution in [2.45, 2.75) is 19.8 Å². The van der Waals surface area contributed by atoms with E-state index in [4.69, 9.17) is 0 Å². The molecule has 2 aliphatic heterocycles. The fraction of sp³-hybridized carbons (Fsp3) is 0.529. The van der Waals surface area contributed by atoms with E-state index in [0.29, 0.717) is 10.8 Å². The highest BCUT2D eigenvalue weighted by atomic mass is 35.5. The van der Waals surface area contributed by atoms with Gasteiger partial charge in [-0.2, -0.15) is 0 Å². The van der Waals surface area contributed by atoms with Crippen LogP contribution in [0.5, 0.6) is 0 Å². The van der Waals surface area contributed by atoms with Crippen LogP contribution < -0.4 is 5.32 Å². The molecular weight excluding hydrogens is 358 g/mol. The second kappa shape index (κ2) is 7.76. The molecule has 0 bridgehead atoms. The summed E-state index contributed by atoms with van der Waals surface area (Å²) in [7, 11) is 0. The molecule has 6 nitrogen and oxygen atoms in total. The summed E-state index contributed by atoms with van der Waals surface area (Å²) in [4.78, 5) is 28.7. The minimum Gasteiger partial charge on any atom is -0.338 e. The fourth-order valence-corrected chi connectivity index (χ4v) is 4.65. The summed E-state index contributed by atoms with van der Waals surface area (Å²) in [5.74, 6) is 2.14. The van der Waals surface area contributed by atoms with Gasteiger partial charge in [0.1, 0.15) is 4.88 Å². The molecule has 1 N–H and O–H groups in total. The molecule has 0 spiro atoms. The number of aromatic nitrogens is 3. The van der Waals surface area contributed by atoms with Crippen molar-refractivity contribution in [1.29, 1.82) is 0 Å². The third-order valence-corrected chi connectivity index (χ3v) is 6.20. The molecule has 1 amide bonds. The van der Waals surface area contributed by atoms with Gasteiger partial charge in [-0.15, -0.1) is 23.7 Å². The number of hydrogen-bond donors (Lipinski definition) is 1. The van der Waals surface area contributed by atoms with E-state index in [-0.39, 0.29) is 18.3 Å². The number of carbonyl (C=O) groups is 1. The summed E-state index contributed by atoms with van der Waals surface area (Å²) in [6.45, 7) is 5.78. The van der Waals surface area contributed by atoms with Gasteiger partial charge < -0.3 is 10.2 Å². The molecule has 0 aliphatic carbocycles. The number of amides is 1. The highest BCUT2D eigenvalue weighted by Crippen LogP contribution is 2.30. The molecule has 134 valence electrons. The van der Waals surface area contributed by atoms with Crippen LogP contribution in [0.1, 0.15) is 28.2 Å². The zero-order chi connectivity index (χ0) is 16.5. The van der Waals surface area contributed by atoms with E-state index in [1.165, 1.54) is 11.3 Å². The number of nitrogens with zero attached hydrogens (tertiary/aromatic N) is 4. The standard InChI is InChI=1S/C17H21N5OS.ClH/c1-11-14(24-16(21-11)15-19-5-2-6-20-15)17(23)22-7-3-12-9-18-10-13(12)4-8-22;/h2,5-6,12-13,18H,3-4,7-10H2,1H3;1H/t12-,13+;. The number of rotatable bonds is 2. The summed E-state index contributed by atoms with van der Waals surface area (Å²) >= 11 is 1.40. The van der Waals surface area contributed by atoms with E-state index >= 15 is 0 Å². The van der Waals surface area contributed by atoms with E-state index < -0.39 is 0 Å². The first kappa shape index (κ1) is 18.2. The first-order chi connectivity index (χ1) is 11.7. The van der Waals surface area contributed by atoms with Gasteiger partial charge in [-0.25, -0.2) is 15.0 Å². The number of likely N-dealkylation sites (tertiary alicyclic amines) is 1. The predicted octanol–water partition coefficient (Wildman–Crippen LogP) is 2.40. The van der Waals surface area contributed by atoms with Gasteiger partial charge in [0, 0.05) is 25.5 Å². The Morgan fingerprint density at radius 2 is 1.84 bits per heavy atom. The topological polar surface area (TPSA) is 71.0 Å². The van der Waals surface area contributed by atoms with Crippen LogP contribution >= 0.6 is 23.7 Å². The summed E-state index contributed by atoms with van der Waals surface area (Å²) in [5.41, 5.74) is 0.776. The molecule has 2 fully saturated rings. The molecule has 4 heterocycles. The number of aryl methyl sites for hydroxylation is 1. The lowest BCUT2D eigenvalue weighted by atomic mass is 9.92. The zero-order valence-corrected chi connectivity index (χ0v) is 15.8. The van der Waals surface area contributed by atoms with Crippen molar-refractivity contribution in [2.75, 3.05) is 26.2 Å². The summed E-state index contributed by atoms with van der Waals surface area (Å²) in [6.07, 6.45) is 5.58. The van der Waals surface area contributed by atoms with E-state index in [0.717, 1.165) is 61.4 Å². The lowest BCUT2D eigenvalue weighted by Gasteiger charge is -2.20. The van der Waals surface area contributed by atoms with Crippen LogP contribution in [0.25, 0.3) is 10.8 Å². The van der Waals surface area contributed by atoms with Gasteiger partial charge in [0.15, 0.2) is 10.8 Å². The largest absolute Gasteiger partial charge is 0.338 e. The third kappa shape index (κ3) is 3.68. The second-order valence-corrected chi connectivity index (χ2v) is 7.55. The van der Waals surface area contributed by atoms with Crippen LogP contribution in [0.15, 0.2) is 18.5 Å². The van der Waals surface area contributed by atoms with E-state index in [1.807, 2.05) is 11.8 Å². The van der Waals surface area contributed by atoms with Gasteiger partial charge in [0.2, 0.25) is 0 Å². The van der Waals surface area contributed by atoms with Gasteiger partial charge in [-0.05, 0) is 50.8 Å². The predicted molar refractivity (Wildman–Crippen MR) is 100 cm³/mol. The molecule has 0 aromatic carbocycles. The lowest BCUT2D eigenvalue weighted by molar-refractivity contribution is 0.0762. The van der Waals surface area contributed by atoms with Crippen molar-refractivity contribution in [3.05, 3.63) is 29.0 Å². The number of halogens is 1. The maximum Gasteiger partial charge on any atom is 0.265 e. The Balaban J connectivity index is 0.00000182. The van der Waals surface area contributed by atoms with Crippen LogP contribution in [0.2, 0.25) is 0 Å². The third-order valence-electron chi connectivity index (χ3n) is 5.05. The van der Waals surface area contributed by atoms with Gasteiger partial charge in [0.05, 0.1) is 5.69 Å². The number of nitrogens with one attached hydrogen (secondary N) is 1. The average molecular weight is 380 g/mol. The van der Waals surface area contributed by atoms with Crippen molar-refractivity contribution in [3.8, 4) is 10.8 Å². The van der Waals surface area contributed by atoms with Crippen LogP contribution in [-0.2, 0) is 0 Å². The van der Waals surface area contributed by atoms with Gasteiger partial charge in [-0.1, -0.05) is 0 Å². The minimum atomic E-state index is 0. The zero-order valence-electron chi connectivity index (χ0n) is 14.1. The second-order valence-electron chi connectivity index (χ2n) is 6.55. The van der Waals surface area contributed by atoms with E-state index in [1.54, 1.807) is 18.5 Å². The Kier molecular flexibility index (Phi) is 5.66. The smallest absolute Gasteiger partial charge is 0.265 e. The quantitative estimate of drug-likeness (QED) is 0.867. The molecule has 2 saturated heterocycles. The number of fused-ring (bicyclic) bond motifs is 1. The number of carbonyl (C=O) groups excluding carboxylic acids is 1. The maximum absolute atomic E-state index is 13.0. The summed E-state index contributed by atoms with van der Waals surface area (Å²) < 4.78 is 0. The number of thiazole rings is 1. The number of hydrogen-bond acceptors (Lipinski definition) is 6. The average Bonchev–Trinajstić information content (AvgIpc) is 3.17. The molecule has 4 rings (SSSR count). The van der Waals surface area contributed by atoms with Crippen LogP contribution in [0, 0.1) is 18.8 Å². The Hall–Kier alpha value is -1.57. The van der Waals surface area contributed by atoms with Crippen LogP contribution in [0.4, 0.5) is 0 Å². The summed E-state index contributed by atoms with van der Waals surface area (Å²) in [5, 5.41) is 4.19. The highest BCUT2D eigenvalue weighted by Gasteiger charge is 2.32. The lowest BCUT2D eigenvalue weighted by Crippen LogP contribution is -2.32. The Morgan fingerprint density at radius 1 is 1.20 bits per heavy atom. The Morgan fingerprint density at radius 3 is 2.48 bits per heavy atom. The molecule has 0 saturated carbocycles. The fourth-order valence-electron chi connectivity index (χ4n) is 3.66. The van der Waals surface area contributed by atoms with Crippen LogP contribution in [0.3, 0.4) is 0 Å². The Bertz CT molecular complexity index is 724. The first-order valence-corrected chi connectivity index (χ1v) is 9.29. The SMILES string of the molecule is Cc1nc(-c2ncccn2)sc1C(=O)N1CC[C@@H]2CNC[C@@H]2CC1.Cl. The van der Waals surface area contributed by atoms with E-state index in [2.05, 4.69) is 20.3 Å². The first-order valence-electron chi connectivity index (χ1n) is 8.47.